The monoisotopic (exact) mass is 478 g/mol. The zero-order valence-electron chi connectivity index (χ0n) is 19.5. The van der Waals surface area contributed by atoms with Crippen LogP contribution in [0.15, 0.2) is 35.4 Å². The van der Waals surface area contributed by atoms with Gasteiger partial charge in [0.15, 0.2) is 0 Å². The fourth-order valence-electron chi connectivity index (χ4n) is 4.11. The number of hydrogen-bond donors (Lipinski definition) is 3. The summed E-state index contributed by atoms with van der Waals surface area (Å²) in [4.78, 5) is 19.1. The number of aliphatic hydroxyl groups is 1. The third-order valence-electron chi connectivity index (χ3n) is 6.05. The molecule has 1 saturated heterocycles. The van der Waals surface area contributed by atoms with Crippen molar-refractivity contribution < 1.29 is 9.90 Å². The fourth-order valence-corrected chi connectivity index (χ4v) is 5.17. The topological polar surface area (TPSA) is 153 Å². The number of aromatic nitrogens is 1. The molecule has 0 aliphatic carbocycles. The van der Waals surface area contributed by atoms with Crippen LogP contribution in [0.3, 0.4) is 0 Å². The van der Waals surface area contributed by atoms with Gasteiger partial charge < -0.3 is 21.5 Å². The lowest BCUT2D eigenvalue weighted by molar-refractivity contribution is -0.117. The molecule has 34 heavy (non-hydrogen) atoms. The Bertz CT molecular complexity index is 1110. The first kappa shape index (κ1) is 25.5. The number of nitrogens with zero attached hydrogens (tertiary/aromatic N) is 4. The predicted molar refractivity (Wildman–Crippen MR) is 132 cm³/mol. The van der Waals surface area contributed by atoms with Crippen molar-refractivity contribution in [1.82, 2.24) is 4.98 Å². The molecule has 1 aliphatic rings. The minimum atomic E-state index is -0.735. The van der Waals surface area contributed by atoms with Crippen molar-refractivity contribution in [3.63, 3.8) is 0 Å². The summed E-state index contributed by atoms with van der Waals surface area (Å²) in [5.74, 6) is 0.142. The highest BCUT2D eigenvalue weighted by atomic mass is 32.2. The SMILES string of the molecule is CC(C)Cc1c(C#N)c(SC(C(N)=O)c2ccccc2)nc(N2CCC(N)(CO)CC2)c1C#N. The van der Waals surface area contributed by atoms with Gasteiger partial charge in [-0.2, -0.15) is 10.5 Å². The van der Waals surface area contributed by atoms with Crippen molar-refractivity contribution in [2.24, 2.45) is 17.4 Å². The van der Waals surface area contributed by atoms with Crippen molar-refractivity contribution in [3.8, 4) is 12.1 Å². The smallest absolute Gasteiger partial charge is 0.235 e. The van der Waals surface area contributed by atoms with E-state index in [9.17, 15) is 20.4 Å². The van der Waals surface area contributed by atoms with E-state index in [0.29, 0.717) is 59.9 Å². The van der Waals surface area contributed by atoms with Crippen LogP contribution >= 0.6 is 11.8 Å². The Labute approximate surface area is 204 Å². The molecule has 9 heteroatoms. The van der Waals surface area contributed by atoms with Crippen molar-refractivity contribution in [2.75, 3.05) is 24.6 Å². The van der Waals surface area contributed by atoms with E-state index < -0.39 is 16.7 Å². The molecule has 5 N–H and O–H groups in total. The first-order chi connectivity index (χ1) is 16.2. The van der Waals surface area contributed by atoms with Crippen LogP contribution in [0.25, 0.3) is 0 Å². The van der Waals surface area contributed by atoms with Crippen LogP contribution in [0, 0.1) is 28.6 Å². The first-order valence-corrected chi connectivity index (χ1v) is 12.1. The van der Waals surface area contributed by atoms with Crippen LogP contribution in [0.1, 0.15) is 54.2 Å². The predicted octanol–water partition coefficient (Wildman–Crippen LogP) is 2.63. The summed E-state index contributed by atoms with van der Waals surface area (Å²) >= 11 is 1.14. The summed E-state index contributed by atoms with van der Waals surface area (Å²) < 4.78 is 0. The van der Waals surface area contributed by atoms with Crippen LogP contribution in [0.4, 0.5) is 5.82 Å². The Balaban J connectivity index is 2.13. The molecular weight excluding hydrogens is 448 g/mol. The van der Waals surface area contributed by atoms with Gasteiger partial charge in [0.2, 0.25) is 5.91 Å². The molecule has 1 unspecified atom stereocenters. The standard InChI is InChI=1S/C25H30N6O2S/c1-16(2)12-18-19(13-26)23(31-10-8-25(29,15-32)9-11-31)30-24(20(18)14-27)34-21(22(28)33)17-6-4-3-5-7-17/h3-7,16,21,32H,8-12,15,29H2,1-2H3,(H2,28,33). The van der Waals surface area contributed by atoms with Gasteiger partial charge in [0.1, 0.15) is 28.2 Å². The Kier molecular flexibility index (Phi) is 8.16. The number of aliphatic hydroxyl groups excluding tert-OH is 1. The van der Waals surface area contributed by atoms with Crippen LogP contribution in [0.5, 0.6) is 0 Å². The number of anilines is 1. The number of carbonyl (C=O) groups is 1. The number of amides is 1. The lowest BCUT2D eigenvalue weighted by Gasteiger charge is -2.39. The molecule has 2 heterocycles. The summed E-state index contributed by atoms with van der Waals surface area (Å²) in [5.41, 5.74) is 13.4. The van der Waals surface area contributed by atoms with Gasteiger partial charge in [-0.15, -0.1) is 0 Å². The highest BCUT2D eigenvalue weighted by Gasteiger charge is 2.33. The summed E-state index contributed by atoms with van der Waals surface area (Å²) in [5, 5.41) is 29.4. The summed E-state index contributed by atoms with van der Waals surface area (Å²) in [6.45, 7) is 4.98. The molecule has 8 nitrogen and oxygen atoms in total. The van der Waals surface area contributed by atoms with Crippen LogP contribution in [-0.2, 0) is 11.2 Å². The number of nitrogens with two attached hydrogens (primary N) is 2. The van der Waals surface area contributed by atoms with E-state index in [1.807, 2.05) is 49.1 Å². The number of pyridine rings is 1. The number of carbonyl (C=O) groups excluding carboxylic acids is 1. The minimum Gasteiger partial charge on any atom is -0.394 e. The minimum absolute atomic E-state index is 0.107. The molecule has 1 aliphatic heterocycles. The highest BCUT2D eigenvalue weighted by molar-refractivity contribution is 8.00. The van der Waals surface area contributed by atoms with E-state index >= 15 is 0 Å². The van der Waals surface area contributed by atoms with Gasteiger partial charge in [-0.1, -0.05) is 55.9 Å². The third-order valence-corrected chi connectivity index (χ3v) is 7.31. The van der Waals surface area contributed by atoms with Gasteiger partial charge in [-0.3, -0.25) is 4.79 Å². The normalized spacial score (nSPS) is 16.0. The van der Waals surface area contributed by atoms with E-state index in [0.717, 1.165) is 17.3 Å². The maximum Gasteiger partial charge on any atom is 0.235 e. The molecule has 0 radical (unpaired) electrons. The Hall–Kier alpha value is -3.11. The zero-order valence-corrected chi connectivity index (χ0v) is 20.3. The molecular formula is C25H30N6O2S. The molecule has 1 fully saturated rings. The van der Waals surface area contributed by atoms with E-state index in [2.05, 4.69) is 12.1 Å². The summed E-state index contributed by atoms with van der Waals surface area (Å²) in [6.07, 6.45) is 1.62. The van der Waals surface area contributed by atoms with Crippen molar-refractivity contribution >= 4 is 23.5 Å². The Morgan fingerprint density at radius 1 is 1.21 bits per heavy atom. The van der Waals surface area contributed by atoms with Gasteiger partial charge in [0.05, 0.1) is 17.7 Å². The molecule has 3 rings (SSSR count). The average molecular weight is 479 g/mol. The largest absolute Gasteiger partial charge is 0.394 e. The molecule has 1 aromatic carbocycles. The molecule has 2 aromatic rings. The fraction of sp³-hybridized carbons (Fsp3) is 0.440. The maximum atomic E-state index is 12.4. The molecule has 1 atom stereocenters. The molecule has 0 saturated carbocycles. The number of nitriles is 2. The second-order valence-electron chi connectivity index (χ2n) is 9.11. The lowest BCUT2D eigenvalue weighted by Crippen LogP contribution is -2.53. The van der Waals surface area contributed by atoms with Crippen LogP contribution in [-0.4, -0.2) is 41.2 Å². The first-order valence-electron chi connectivity index (χ1n) is 11.3. The van der Waals surface area contributed by atoms with E-state index in [1.165, 1.54) is 0 Å². The second-order valence-corrected chi connectivity index (χ2v) is 10.2. The van der Waals surface area contributed by atoms with E-state index in [4.69, 9.17) is 16.5 Å². The van der Waals surface area contributed by atoms with E-state index in [-0.39, 0.29) is 12.5 Å². The van der Waals surface area contributed by atoms with E-state index in [1.54, 1.807) is 0 Å². The molecule has 1 aromatic heterocycles. The Morgan fingerprint density at radius 3 is 2.32 bits per heavy atom. The van der Waals surface area contributed by atoms with Gasteiger partial charge in [0, 0.05) is 18.6 Å². The van der Waals surface area contributed by atoms with Gasteiger partial charge >= 0.3 is 0 Å². The third kappa shape index (κ3) is 5.51. The van der Waals surface area contributed by atoms with Crippen LogP contribution in [0.2, 0.25) is 0 Å². The molecule has 1 amide bonds. The number of hydrogen-bond acceptors (Lipinski definition) is 8. The maximum absolute atomic E-state index is 12.4. The molecule has 178 valence electrons. The average Bonchev–Trinajstić information content (AvgIpc) is 2.82. The molecule has 0 spiro atoms. The highest BCUT2D eigenvalue weighted by Crippen LogP contribution is 2.40. The Morgan fingerprint density at radius 2 is 1.82 bits per heavy atom. The zero-order chi connectivity index (χ0) is 24.9. The number of rotatable bonds is 8. The van der Waals surface area contributed by atoms with Gasteiger partial charge in [-0.05, 0) is 36.3 Å². The quantitative estimate of drug-likeness (QED) is 0.489. The summed E-state index contributed by atoms with van der Waals surface area (Å²) in [7, 11) is 0. The number of benzene rings is 1. The van der Waals surface area contributed by atoms with Crippen molar-refractivity contribution in [3.05, 3.63) is 52.6 Å². The number of piperidine rings is 1. The van der Waals surface area contributed by atoms with Gasteiger partial charge in [0.25, 0.3) is 0 Å². The van der Waals surface area contributed by atoms with Crippen molar-refractivity contribution in [1.29, 1.82) is 10.5 Å². The second kappa shape index (κ2) is 10.9. The number of primary amides is 1. The summed E-state index contributed by atoms with van der Waals surface area (Å²) in [6, 6.07) is 13.6. The van der Waals surface area contributed by atoms with Gasteiger partial charge in [-0.25, -0.2) is 4.98 Å². The lowest BCUT2D eigenvalue weighted by atomic mass is 9.89. The van der Waals surface area contributed by atoms with Crippen molar-refractivity contribution in [2.45, 2.75) is 48.9 Å². The molecule has 0 bridgehead atoms. The van der Waals surface area contributed by atoms with Crippen LogP contribution < -0.4 is 16.4 Å². The number of thioether (sulfide) groups is 1.